The van der Waals surface area contributed by atoms with Crippen molar-refractivity contribution in [3.8, 4) is 0 Å². The highest BCUT2D eigenvalue weighted by Crippen LogP contribution is 2.36. The summed E-state index contributed by atoms with van der Waals surface area (Å²) in [5, 5.41) is -0.946. The molecule has 0 nitrogen and oxygen atoms in total. The molecule has 0 saturated heterocycles. The van der Waals surface area contributed by atoms with E-state index in [4.69, 9.17) is 11.6 Å². The van der Waals surface area contributed by atoms with E-state index in [2.05, 4.69) is 0 Å². The molecule has 1 aromatic heterocycles. The molecule has 0 saturated carbocycles. The topological polar surface area (TPSA) is 0 Å². The number of aryl methyl sites for hydroxylation is 1. The average Bonchev–Trinajstić information content (AvgIpc) is 2.31. The first kappa shape index (κ1) is 10.9. The molecule has 1 unspecified atom stereocenters. The van der Waals surface area contributed by atoms with Crippen molar-refractivity contribution in [2.24, 2.45) is 0 Å². The third-order valence-corrected chi connectivity index (χ3v) is 3.11. The molecule has 1 aromatic rings. The predicted octanol–water partition coefficient (Wildman–Crippen LogP) is 4.29. The predicted molar refractivity (Wildman–Crippen MR) is 48.3 cm³/mol. The lowest BCUT2D eigenvalue weighted by Crippen LogP contribution is -2.09. The van der Waals surface area contributed by atoms with Crippen LogP contribution in [0.3, 0.4) is 0 Å². The van der Waals surface area contributed by atoms with Gasteiger partial charge >= 0.3 is 6.18 Å². The van der Waals surface area contributed by atoms with E-state index in [1.54, 1.807) is 12.1 Å². The van der Waals surface area contributed by atoms with Crippen LogP contribution < -0.4 is 0 Å². The van der Waals surface area contributed by atoms with Gasteiger partial charge in [-0.25, -0.2) is 0 Å². The van der Waals surface area contributed by atoms with Crippen LogP contribution in [-0.4, -0.2) is 6.18 Å². The van der Waals surface area contributed by atoms with Crippen molar-refractivity contribution in [2.45, 2.75) is 24.9 Å². The van der Waals surface area contributed by atoms with E-state index >= 15 is 0 Å². The number of thiophene rings is 1. The normalized spacial score (nSPS) is 14.5. The van der Waals surface area contributed by atoms with Crippen LogP contribution in [0.2, 0.25) is 0 Å². The maximum absolute atomic E-state index is 11.9. The van der Waals surface area contributed by atoms with Crippen LogP contribution in [0.15, 0.2) is 12.1 Å². The molecule has 1 atom stereocenters. The van der Waals surface area contributed by atoms with Gasteiger partial charge < -0.3 is 0 Å². The van der Waals surface area contributed by atoms with Gasteiger partial charge in [-0.05, 0) is 19.1 Å². The fourth-order valence-corrected chi connectivity index (χ4v) is 2.16. The Labute approximate surface area is 83.3 Å². The van der Waals surface area contributed by atoms with Gasteiger partial charge in [0.1, 0.15) is 0 Å². The lowest BCUT2D eigenvalue weighted by molar-refractivity contribution is -0.134. The van der Waals surface area contributed by atoms with Gasteiger partial charge in [0.2, 0.25) is 0 Å². The van der Waals surface area contributed by atoms with Gasteiger partial charge in [0.15, 0.2) is 0 Å². The van der Waals surface area contributed by atoms with Crippen LogP contribution in [0.4, 0.5) is 13.2 Å². The van der Waals surface area contributed by atoms with Crippen LogP contribution in [0, 0.1) is 6.92 Å². The molecule has 13 heavy (non-hydrogen) atoms. The zero-order valence-electron chi connectivity index (χ0n) is 6.86. The lowest BCUT2D eigenvalue weighted by atomic mass is 10.2. The second-order valence-corrected chi connectivity index (χ2v) is 4.58. The molecule has 0 fully saturated rings. The summed E-state index contributed by atoms with van der Waals surface area (Å²) in [5.74, 6) is 0. The van der Waals surface area contributed by atoms with E-state index in [1.165, 1.54) is 11.3 Å². The molecule has 1 rings (SSSR count). The summed E-state index contributed by atoms with van der Waals surface area (Å²) in [6.07, 6.45) is -5.15. The number of rotatable bonds is 2. The first-order chi connectivity index (χ1) is 5.88. The highest BCUT2D eigenvalue weighted by Gasteiger charge is 2.32. The van der Waals surface area contributed by atoms with Gasteiger partial charge in [0.25, 0.3) is 0 Å². The summed E-state index contributed by atoms with van der Waals surface area (Å²) in [6, 6.07) is 3.41. The summed E-state index contributed by atoms with van der Waals surface area (Å²) in [4.78, 5) is 1.55. The average molecular weight is 229 g/mol. The van der Waals surface area contributed by atoms with Gasteiger partial charge in [0.05, 0.1) is 11.8 Å². The third-order valence-electron chi connectivity index (χ3n) is 1.48. The monoisotopic (exact) mass is 228 g/mol. The minimum absolute atomic E-state index is 0.580. The van der Waals surface area contributed by atoms with Crippen molar-refractivity contribution in [2.75, 3.05) is 0 Å². The molecule has 0 aliphatic heterocycles. The Morgan fingerprint density at radius 3 is 2.46 bits per heavy atom. The molecule has 0 aromatic carbocycles. The van der Waals surface area contributed by atoms with E-state index in [0.717, 1.165) is 4.88 Å². The molecule has 1 heterocycles. The molecule has 0 N–H and O–H groups in total. The Morgan fingerprint density at radius 2 is 2.08 bits per heavy atom. The summed E-state index contributed by atoms with van der Waals surface area (Å²) < 4.78 is 35.8. The van der Waals surface area contributed by atoms with Gasteiger partial charge in [-0.1, -0.05) is 0 Å². The van der Waals surface area contributed by atoms with Gasteiger partial charge in [0, 0.05) is 9.75 Å². The Morgan fingerprint density at radius 1 is 1.46 bits per heavy atom. The molecule has 0 bridgehead atoms. The van der Waals surface area contributed by atoms with Crippen LogP contribution in [0.25, 0.3) is 0 Å². The molecular formula is C8H8ClF3S. The zero-order valence-corrected chi connectivity index (χ0v) is 8.43. The van der Waals surface area contributed by atoms with Crippen molar-refractivity contribution in [1.82, 2.24) is 0 Å². The Kier molecular flexibility index (Phi) is 3.24. The van der Waals surface area contributed by atoms with Crippen LogP contribution in [0.5, 0.6) is 0 Å². The minimum Gasteiger partial charge on any atom is -0.171 e. The Hall–Kier alpha value is -0.220. The summed E-state index contributed by atoms with van der Waals surface area (Å²) in [7, 11) is 0. The number of hydrogen-bond acceptors (Lipinski definition) is 1. The van der Waals surface area contributed by atoms with E-state index < -0.39 is 18.0 Å². The molecule has 74 valence electrons. The molecule has 5 heteroatoms. The number of alkyl halides is 4. The third kappa shape index (κ3) is 3.56. The van der Waals surface area contributed by atoms with E-state index in [9.17, 15) is 13.2 Å². The lowest BCUT2D eigenvalue weighted by Gasteiger charge is -2.09. The van der Waals surface area contributed by atoms with E-state index in [-0.39, 0.29) is 0 Å². The second-order valence-electron chi connectivity index (χ2n) is 2.74. The smallest absolute Gasteiger partial charge is 0.171 e. The fourth-order valence-electron chi connectivity index (χ4n) is 0.926. The summed E-state index contributed by atoms with van der Waals surface area (Å²) in [6.45, 7) is 1.84. The van der Waals surface area contributed by atoms with Gasteiger partial charge in [-0.15, -0.1) is 22.9 Å². The van der Waals surface area contributed by atoms with Crippen LogP contribution in [-0.2, 0) is 0 Å². The largest absolute Gasteiger partial charge is 0.390 e. The van der Waals surface area contributed by atoms with Gasteiger partial charge in [-0.2, -0.15) is 13.2 Å². The second kappa shape index (κ2) is 3.88. The Bertz CT molecular complexity index is 279. The first-order valence-electron chi connectivity index (χ1n) is 3.65. The molecule has 0 amide bonds. The SMILES string of the molecule is Cc1ccc(C(Cl)CC(F)(F)F)s1. The van der Waals surface area contributed by atoms with Crippen LogP contribution >= 0.6 is 22.9 Å². The highest BCUT2D eigenvalue weighted by atomic mass is 35.5. The van der Waals surface area contributed by atoms with Crippen molar-refractivity contribution >= 4 is 22.9 Å². The molecule has 0 aliphatic carbocycles. The number of hydrogen-bond donors (Lipinski definition) is 0. The fraction of sp³-hybridized carbons (Fsp3) is 0.500. The van der Waals surface area contributed by atoms with E-state index in [0.29, 0.717) is 4.88 Å². The minimum atomic E-state index is -4.19. The van der Waals surface area contributed by atoms with Crippen LogP contribution in [0.1, 0.15) is 21.6 Å². The zero-order chi connectivity index (χ0) is 10.1. The van der Waals surface area contributed by atoms with Crippen molar-refractivity contribution in [3.63, 3.8) is 0 Å². The maximum Gasteiger partial charge on any atom is 0.390 e. The van der Waals surface area contributed by atoms with Crippen molar-refractivity contribution < 1.29 is 13.2 Å². The molecule has 0 aliphatic rings. The highest BCUT2D eigenvalue weighted by molar-refractivity contribution is 7.12. The van der Waals surface area contributed by atoms with Crippen molar-refractivity contribution in [3.05, 3.63) is 21.9 Å². The number of halogens is 4. The first-order valence-corrected chi connectivity index (χ1v) is 4.91. The molecule has 0 radical (unpaired) electrons. The Balaban J connectivity index is 2.64. The maximum atomic E-state index is 11.9. The molecular weight excluding hydrogens is 221 g/mol. The molecule has 0 spiro atoms. The quantitative estimate of drug-likeness (QED) is 0.663. The standard InChI is InChI=1S/C8H8ClF3S/c1-5-2-3-7(13-5)6(9)4-8(10,11)12/h2-3,6H,4H2,1H3. The van der Waals surface area contributed by atoms with E-state index in [1.807, 2.05) is 6.92 Å². The summed E-state index contributed by atoms with van der Waals surface area (Å²) >= 11 is 6.90. The van der Waals surface area contributed by atoms with Crippen molar-refractivity contribution in [1.29, 1.82) is 0 Å². The van der Waals surface area contributed by atoms with Gasteiger partial charge in [-0.3, -0.25) is 0 Å². The summed E-state index contributed by atoms with van der Waals surface area (Å²) in [5.41, 5.74) is 0.